The molecule has 1 heterocycles. The molecule has 1 aromatic heterocycles. The van der Waals surface area contributed by atoms with Crippen LogP contribution in [-0.4, -0.2) is 10.2 Å². The summed E-state index contributed by atoms with van der Waals surface area (Å²) in [6.45, 7) is 3.61. The van der Waals surface area contributed by atoms with Crippen LogP contribution in [0.2, 0.25) is 0 Å². The van der Waals surface area contributed by atoms with E-state index in [0.29, 0.717) is 5.69 Å². The van der Waals surface area contributed by atoms with Crippen molar-refractivity contribution in [3.05, 3.63) is 30.4 Å². The number of rotatable bonds is 1. The summed E-state index contributed by atoms with van der Waals surface area (Å²) in [5.41, 5.74) is 1.64. The second-order valence-corrected chi connectivity index (χ2v) is 2.21. The molecule has 1 rings (SSSR count). The van der Waals surface area contributed by atoms with Gasteiger partial charge in [-0.25, -0.2) is 0 Å². The maximum absolute atomic E-state index is 3.84. The summed E-state index contributed by atoms with van der Waals surface area (Å²) in [6, 6.07) is 3.73. The van der Waals surface area contributed by atoms with E-state index in [1.54, 1.807) is 0 Å². The van der Waals surface area contributed by atoms with E-state index in [4.69, 9.17) is 0 Å². The summed E-state index contributed by atoms with van der Waals surface area (Å²) >= 11 is 3.26. The van der Waals surface area contributed by atoms with Gasteiger partial charge in [0.15, 0.2) is 0 Å². The van der Waals surface area contributed by atoms with Gasteiger partial charge in [-0.1, -0.05) is 15.9 Å². The van der Waals surface area contributed by atoms with E-state index in [-0.39, 0.29) is 0 Å². The second kappa shape index (κ2) is 2.92. The quantitative estimate of drug-likeness (QED) is 0.622. The highest BCUT2D eigenvalue weighted by Crippen LogP contribution is 1.99. The lowest BCUT2D eigenvalue weighted by Gasteiger charge is -1.90. The first-order chi connectivity index (χ1) is 4.33. The molecule has 3 heteroatoms. The summed E-state index contributed by atoms with van der Waals surface area (Å²) in [5.74, 6) is 0. The lowest BCUT2D eigenvalue weighted by atomic mass is 10.4. The number of hydrogen-bond acceptors (Lipinski definition) is 2. The van der Waals surface area contributed by atoms with Crippen LogP contribution in [-0.2, 0) is 5.33 Å². The Hall–Kier alpha value is -0.440. The molecule has 1 aromatic rings. The third-order valence-electron chi connectivity index (χ3n) is 0.912. The van der Waals surface area contributed by atoms with Crippen molar-refractivity contribution in [1.29, 1.82) is 0 Å². The molecule has 0 fully saturated rings. The number of aromatic nitrogens is 2. The van der Waals surface area contributed by atoms with E-state index in [9.17, 15) is 0 Å². The Balaban J connectivity index is 2.88. The van der Waals surface area contributed by atoms with Gasteiger partial charge < -0.3 is 0 Å². The van der Waals surface area contributed by atoms with Gasteiger partial charge in [0, 0.05) is 5.33 Å². The Morgan fingerprint density at radius 2 is 2.22 bits per heavy atom. The number of nitrogens with zero attached hydrogens (tertiary/aromatic N) is 2. The lowest BCUT2D eigenvalue weighted by Crippen LogP contribution is -1.89. The van der Waals surface area contributed by atoms with Gasteiger partial charge in [0.25, 0.3) is 0 Å². The van der Waals surface area contributed by atoms with Gasteiger partial charge >= 0.3 is 0 Å². The Morgan fingerprint density at radius 1 is 1.44 bits per heavy atom. The van der Waals surface area contributed by atoms with Crippen molar-refractivity contribution >= 4 is 15.9 Å². The predicted octanol–water partition coefficient (Wildman–Crippen LogP) is 1.55. The molecule has 1 radical (unpaired) electrons. The molecule has 0 unspecified atom stereocenters. The minimum Gasteiger partial charge on any atom is -0.155 e. The Labute approximate surface area is 62.4 Å². The van der Waals surface area contributed by atoms with E-state index in [1.807, 2.05) is 12.1 Å². The summed E-state index contributed by atoms with van der Waals surface area (Å²) < 4.78 is 0. The van der Waals surface area contributed by atoms with Gasteiger partial charge in [-0.2, -0.15) is 10.2 Å². The summed E-state index contributed by atoms with van der Waals surface area (Å²) in [5, 5.41) is 8.35. The number of halogens is 1. The molecule has 0 amide bonds. The third-order valence-corrected chi connectivity index (χ3v) is 1.49. The fraction of sp³-hybridized carbons (Fsp3) is 0.167. The number of hydrogen-bond donors (Lipinski definition) is 0. The Kier molecular flexibility index (Phi) is 2.16. The van der Waals surface area contributed by atoms with Crippen molar-refractivity contribution < 1.29 is 0 Å². The van der Waals surface area contributed by atoms with Crippen molar-refractivity contribution in [2.45, 2.75) is 5.33 Å². The Morgan fingerprint density at radius 3 is 2.67 bits per heavy atom. The van der Waals surface area contributed by atoms with Gasteiger partial charge in [0.05, 0.1) is 11.4 Å². The van der Waals surface area contributed by atoms with Crippen molar-refractivity contribution in [3.8, 4) is 0 Å². The molecule has 0 aliphatic heterocycles. The first-order valence-corrected chi connectivity index (χ1v) is 3.65. The molecule has 0 spiro atoms. The lowest BCUT2D eigenvalue weighted by molar-refractivity contribution is 0.955. The maximum atomic E-state index is 3.84. The zero-order valence-electron chi connectivity index (χ0n) is 4.84. The molecular weight excluding hydrogens is 180 g/mol. The molecule has 0 saturated carbocycles. The molecule has 47 valence electrons. The molecule has 0 aliphatic carbocycles. The van der Waals surface area contributed by atoms with Gasteiger partial charge in [0.2, 0.25) is 0 Å². The highest BCUT2D eigenvalue weighted by Gasteiger charge is 1.89. The zero-order chi connectivity index (χ0) is 6.69. The van der Waals surface area contributed by atoms with E-state index in [0.717, 1.165) is 11.0 Å². The van der Waals surface area contributed by atoms with Crippen molar-refractivity contribution in [2.75, 3.05) is 0 Å². The van der Waals surface area contributed by atoms with Crippen molar-refractivity contribution in [2.24, 2.45) is 0 Å². The van der Waals surface area contributed by atoms with Crippen LogP contribution in [0, 0.1) is 6.92 Å². The first kappa shape index (κ1) is 6.68. The fourth-order valence-electron chi connectivity index (χ4n) is 0.459. The van der Waals surface area contributed by atoms with Crippen LogP contribution in [0.1, 0.15) is 11.4 Å². The SMILES string of the molecule is [CH2]c1ccc(CBr)nn1. The van der Waals surface area contributed by atoms with Crippen LogP contribution < -0.4 is 0 Å². The Bertz CT molecular complexity index is 183. The highest BCUT2D eigenvalue weighted by molar-refractivity contribution is 9.08. The molecule has 2 nitrogen and oxygen atoms in total. The van der Waals surface area contributed by atoms with Crippen molar-refractivity contribution in [1.82, 2.24) is 10.2 Å². The minimum absolute atomic E-state index is 0.708. The molecule has 0 saturated heterocycles. The normalized spacial score (nSPS) is 9.56. The van der Waals surface area contributed by atoms with Crippen LogP contribution in [0.4, 0.5) is 0 Å². The summed E-state index contributed by atoms with van der Waals surface area (Å²) in [6.07, 6.45) is 0. The first-order valence-electron chi connectivity index (χ1n) is 2.53. The van der Waals surface area contributed by atoms with Gasteiger partial charge in [-0.15, -0.1) is 0 Å². The highest BCUT2D eigenvalue weighted by atomic mass is 79.9. The molecule has 0 N–H and O–H groups in total. The fourth-order valence-corrected chi connectivity index (χ4v) is 0.758. The molecular formula is C6H6BrN2. The average Bonchev–Trinajstić information content (AvgIpc) is 1.90. The summed E-state index contributed by atoms with van der Waals surface area (Å²) in [7, 11) is 0. The monoisotopic (exact) mass is 185 g/mol. The van der Waals surface area contributed by atoms with E-state index < -0.39 is 0 Å². The van der Waals surface area contributed by atoms with E-state index in [2.05, 4.69) is 33.1 Å². The average molecular weight is 186 g/mol. The second-order valence-electron chi connectivity index (χ2n) is 1.65. The van der Waals surface area contributed by atoms with Gasteiger partial charge in [-0.05, 0) is 19.1 Å². The molecule has 9 heavy (non-hydrogen) atoms. The topological polar surface area (TPSA) is 25.8 Å². The molecule has 0 aliphatic rings. The smallest absolute Gasteiger partial charge is 0.0736 e. The largest absolute Gasteiger partial charge is 0.155 e. The third kappa shape index (κ3) is 1.75. The number of alkyl halides is 1. The van der Waals surface area contributed by atoms with Gasteiger partial charge in [-0.3, -0.25) is 0 Å². The molecule has 0 atom stereocenters. The zero-order valence-corrected chi connectivity index (χ0v) is 6.43. The van der Waals surface area contributed by atoms with E-state index >= 15 is 0 Å². The molecule has 0 aromatic carbocycles. The van der Waals surface area contributed by atoms with E-state index in [1.165, 1.54) is 0 Å². The van der Waals surface area contributed by atoms with Gasteiger partial charge in [0.1, 0.15) is 0 Å². The van der Waals surface area contributed by atoms with Crippen LogP contribution in [0.5, 0.6) is 0 Å². The predicted molar refractivity (Wildman–Crippen MR) is 39.1 cm³/mol. The van der Waals surface area contributed by atoms with Crippen molar-refractivity contribution in [3.63, 3.8) is 0 Å². The summed E-state index contributed by atoms with van der Waals surface area (Å²) in [4.78, 5) is 0. The minimum atomic E-state index is 0.708. The standard InChI is InChI=1S/C6H6BrN2/c1-5-2-3-6(4-7)9-8-5/h2-3H,1,4H2. The van der Waals surface area contributed by atoms with Crippen LogP contribution in [0.3, 0.4) is 0 Å². The van der Waals surface area contributed by atoms with Crippen LogP contribution in [0.15, 0.2) is 12.1 Å². The van der Waals surface area contributed by atoms with Crippen LogP contribution in [0.25, 0.3) is 0 Å². The molecule has 0 bridgehead atoms. The maximum Gasteiger partial charge on any atom is 0.0736 e. The van der Waals surface area contributed by atoms with Crippen LogP contribution >= 0.6 is 15.9 Å².